The molecule has 1 aromatic carbocycles. The predicted molar refractivity (Wildman–Crippen MR) is 105 cm³/mol. The van der Waals surface area contributed by atoms with Crippen molar-refractivity contribution in [3.8, 4) is 0 Å². The fourth-order valence-electron chi connectivity index (χ4n) is 3.79. The Morgan fingerprint density at radius 1 is 1.12 bits per heavy atom. The summed E-state index contributed by atoms with van der Waals surface area (Å²) < 4.78 is 37.7. The van der Waals surface area contributed by atoms with E-state index in [2.05, 4.69) is 20.8 Å². The van der Waals surface area contributed by atoms with E-state index in [1.54, 1.807) is 31.4 Å². The van der Waals surface area contributed by atoms with Crippen LogP contribution in [0.2, 0.25) is 0 Å². The zero-order chi connectivity index (χ0) is 19.3. The van der Waals surface area contributed by atoms with Gasteiger partial charge in [0.1, 0.15) is 0 Å². The van der Waals surface area contributed by atoms with E-state index in [1.807, 2.05) is 13.0 Å². The molecular formula is C21H34O4S. The molecule has 1 saturated heterocycles. The molecule has 0 amide bonds. The smallest absolute Gasteiger partial charge is 0.178 e. The molecule has 0 aromatic heterocycles. The lowest BCUT2D eigenvalue weighted by Crippen LogP contribution is -2.30. The average Bonchev–Trinajstić information content (AvgIpc) is 2.90. The molecule has 4 nitrogen and oxygen atoms in total. The van der Waals surface area contributed by atoms with Gasteiger partial charge in [0.25, 0.3) is 0 Å². The first kappa shape index (κ1) is 21.4. The van der Waals surface area contributed by atoms with Crippen molar-refractivity contribution in [2.24, 2.45) is 17.8 Å². The summed E-state index contributed by atoms with van der Waals surface area (Å²) in [7, 11) is -1.64. The number of hydrogen-bond donors (Lipinski definition) is 0. The number of benzene rings is 1. The van der Waals surface area contributed by atoms with E-state index in [0.29, 0.717) is 10.8 Å². The summed E-state index contributed by atoms with van der Waals surface area (Å²) in [4.78, 5) is 0.399. The quantitative estimate of drug-likeness (QED) is 0.637. The van der Waals surface area contributed by atoms with Gasteiger partial charge in [0.05, 0.1) is 29.0 Å². The SMILES string of the molecule is CC[C@@H](C)C[C@H]1O[C@@H](CC(C)OC)[C@H](CS(=O)(=O)c2ccccc2)[C@H]1C. The van der Waals surface area contributed by atoms with Crippen molar-refractivity contribution in [2.45, 2.75) is 70.2 Å². The molecule has 0 bridgehead atoms. The van der Waals surface area contributed by atoms with Crippen molar-refractivity contribution in [1.82, 2.24) is 0 Å². The maximum absolute atomic E-state index is 12.9. The second-order valence-electron chi connectivity index (χ2n) is 7.86. The van der Waals surface area contributed by atoms with E-state index >= 15 is 0 Å². The van der Waals surface area contributed by atoms with Gasteiger partial charge in [-0.25, -0.2) is 8.42 Å². The van der Waals surface area contributed by atoms with Crippen LogP contribution in [0, 0.1) is 17.8 Å². The lowest BCUT2D eigenvalue weighted by molar-refractivity contribution is -0.0135. The van der Waals surface area contributed by atoms with Gasteiger partial charge in [0.15, 0.2) is 9.84 Å². The first-order valence-electron chi connectivity index (χ1n) is 9.74. The molecule has 1 aliphatic rings. The lowest BCUT2D eigenvalue weighted by Gasteiger charge is -2.23. The van der Waals surface area contributed by atoms with Gasteiger partial charge in [0, 0.05) is 13.0 Å². The Bertz CT molecular complexity index is 643. The maximum atomic E-state index is 12.9. The second kappa shape index (κ2) is 9.34. The van der Waals surface area contributed by atoms with E-state index in [1.165, 1.54) is 0 Å². The summed E-state index contributed by atoms with van der Waals surface area (Å²) in [6.07, 6.45) is 2.92. The first-order valence-corrected chi connectivity index (χ1v) is 11.4. The van der Waals surface area contributed by atoms with Crippen molar-refractivity contribution in [3.63, 3.8) is 0 Å². The average molecular weight is 383 g/mol. The Morgan fingerprint density at radius 3 is 2.35 bits per heavy atom. The normalized spacial score (nSPS) is 28.8. The summed E-state index contributed by atoms with van der Waals surface area (Å²) in [6.45, 7) is 8.58. The zero-order valence-electron chi connectivity index (χ0n) is 16.7. The molecule has 0 spiro atoms. The van der Waals surface area contributed by atoms with Gasteiger partial charge in [-0.1, -0.05) is 45.4 Å². The largest absolute Gasteiger partial charge is 0.382 e. The molecule has 1 unspecified atom stereocenters. The Labute approximate surface area is 159 Å². The van der Waals surface area contributed by atoms with Gasteiger partial charge in [-0.15, -0.1) is 0 Å². The molecule has 0 aliphatic carbocycles. The molecule has 5 heteroatoms. The minimum atomic E-state index is -3.33. The van der Waals surface area contributed by atoms with E-state index in [4.69, 9.17) is 9.47 Å². The van der Waals surface area contributed by atoms with Crippen molar-refractivity contribution in [1.29, 1.82) is 0 Å². The molecule has 1 heterocycles. The summed E-state index contributed by atoms with van der Waals surface area (Å²) in [5.74, 6) is 0.923. The molecule has 0 N–H and O–H groups in total. The standard InChI is InChI=1S/C21H34O4S/c1-6-15(2)12-20-17(4)19(21(25-20)13-16(3)24-5)14-26(22,23)18-10-8-7-9-11-18/h7-11,15-17,19-21H,6,12-14H2,1-5H3/t15-,16?,17-,19-,20-,21+/m1/s1. The highest BCUT2D eigenvalue weighted by molar-refractivity contribution is 7.91. The van der Waals surface area contributed by atoms with Crippen LogP contribution in [-0.2, 0) is 19.3 Å². The summed E-state index contributed by atoms with van der Waals surface area (Å²) in [6, 6.07) is 8.75. The Kier molecular flexibility index (Phi) is 7.68. The molecule has 26 heavy (non-hydrogen) atoms. The van der Waals surface area contributed by atoms with Crippen LogP contribution in [0.4, 0.5) is 0 Å². The number of methoxy groups -OCH3 is 1. The van der Waals surface area contributed by atoms with Crippen LogP contribution in [0.1, 0.15) is 47.0 Å². The van der Waals surface area contributed by atoms with E-state index in [-0.39, 0.29) is 35.9 Å². The van der Waals surface area contributed by atoms with Gasteiger partial charge in [-0.3, -0.25) is 0 Å². The van der Waals surface area contributed by atoms with Gasteiger partial charge in [-0.2, -0.15) is 0 Å². The van der Waals surface area contributed by atoms with Crippen LogP contribution in [0.3, 0.4) is 0 Å². The Hall–Kier alpha value is -0.910. The van der Waals surface area contributed by atoms with E-state index < -0.39 is 9.84 Å². The van der Waals surface area contributed by atoms with Gasteiger partial charge in [-0.05, 0) is 43.7 Å². The number of rotatable bonds is 9. The van der Waals surface area contributed by atoms with Crippen molar-refractivity contribution < 1.29 is 17.9 Å². The highest BCUT2D eigenvalue weighted by Crippen LogP contribution is 2.39. The Morgan fingerprint density at radius 2 is 1.77 bits per heavy atom. The van der Waals surface area contributed by atoms with Crippen LogP contribution in [0.15, 0.2) is 35.2 Å². The molecule has 1 aromatic rings. The van der Waals surface area contributed by atoms with Crippen molar-refractivity contribution >= 4 is 9.84 Å². The van der Waals surface area contributed by atoms with Crippen LogP contribution >= 0.6 is 0 Å². The zero-order valence-corrected chi connectivity index (χ0v) is 17.5. The van der Waals surface area contributed by atoms with Crippen LogP contribution in [-0.4, -0.2) is 39.6 Å². The third-order valence-electron chi connectivity index (χ3n) is 5.90. The first-order chi connectivity index (χ1) is 12.3. The number of ether oxygens (including phenoxy) is 2. The monoisotopic (exact) mass is 382 g/mol. The van der Waals surface area contributed by atoms with Gasteiger partial charge in [0.2, 0.25) is 0 Å². The minimum absolute atomic E-state index is 0.00753. The van der Waals surface area contributed by atoms with Gasteiger partial charge >= 0.3 is 0 Å². The minimum Gasteiger partial charge on any atom is -0.382 e. The molecule has 1 fully saturated rings. The molecule has 1 aliphatic heterocycles. The molecule has 0 saturated carbocycles. The molecular weight excluding hydrogens is 348 g/mol. The molecule has 0 radical (unpaired) electrons. The highest BCUT2D eigenvalue weighted by Gasteiger charge is 2.44. The predicted octanol–water partition coefficient (Wildman–Crippen LogP) is 4.34. The van der Waals surface area contributed by atoms with E-state index in [0.717, 1.165) is 19.3 Å². The van der Waals surface area contributed by atoms with E-state index in [9.17, 15) is 8.42 Å². The fraction of sp³-hybridized carbons (Fsp3) is 0.714. The molecule has 2 rings (SSSR count). The lowest BCUT2D eigenvalue weighted by atomic mass is 9.85. The summed E-state index contributed by atoms with van der Waals surface area (Å²) in [5, 5.41) is 0. The van der Waals surface area contributed by atoms with Crippen LogP contribution in [0.5, 0.6) is 0 Å². The summed E-state index contributed by atoms with van der Waals surface area (Å²) in [5.41, 5.74) is 0. The highest BCUT2D eigenvalue weighted by atomic mass is 32.2. The van der Waals surface area contributed by atoms with Crippen molar-refractivity contribution in [2.75, 3.05) is 12.9 Å². The number of hydrogen-bond acceptors (Lipinski definition) is 4. The van der Waals surface area contributed by atoms with Gasteiger partial charge < -0.3 is 9.47 Å². The number of sulfone groups is 1. The van der Waals surface area contributed by atoms with Crippen LogP contribution in [0.25, 0.3) is 0 Å². The molecule has 6 atom stereocenters. The summed E-state index contributed by atoms with van der Waals surface area (Å²) >= 11 is 0. The van der Waals surface area contributed by atoms with Crippen molar-refractivity contribution in [3.05, 3.63) is 30.3 Å². The third kappa shape index (κ3) is 5.30. The Balaban J connectivity index is 2.20. The van der Waals surface area contributed by atoms with Crippen LogP contribution < -0.4 is 0 Å². The third-order valence-corrected chi connectivity index (χ3v) is 7.72. The molecule has 148 valence electrons. The second-order valence-corrected chi connectivity index (χ2v) is 9.90. The fourth-order valence-corrected chi connectivity index (χ4v) is 5.58. The maximum Gasteiger partial charge on any atom is 0.178 e. The topological polar surface area (TPSA) is 52.6 Å².